The number of rotatable bonds is 7. The van der Waals surface area contributed by atoms with E-state index in [0.717, 1.165) is 36.8 Å². The van der Waals surface area contributed by atoms with E-state index in [9.17, 15) is 0 Å². The van der Waals surface area contributed by atoms with E-state index in [0.29, 0.717) is 36.4 Å². The number of aliphatic imine (C=N–C) groups is 1. The number of guanidine groups is 1. The number of ether oxygens (including phenoxy) is 3. The zero-order chi connectivity index (χ0) is 21.5. The van der Waals surface area contributed by atoms with Crippen LogP contribution in [0.3, 0.4) is 0 Å². The Kier molecular flexibility index (Phi) is 7.52. The lowest BCUT2D eigenvalue weighted by Crippen LogP contribution is -2.51. The molecule has 2 aromatic rings. The van der Waals surface area contributed by atoms with Gasteiger partial charge in [0.05, 0.1) is 27.4 Å². The summed E-state index contributed by atoms with van der Waals surface area (Å²) in [5.74, 6) is 2.38. The van der Waals surface area contributed by atoms with Crippen LogP contribution < -0.4 is 24.8 Å². The molecule has 0 atom stereocenters. The first-order valence-electron chi connectivity index (χ1n) is 9.98. The van der Waals surface area contributed by atoms with Crippen LogP contribution in [0.5, 0.6) is 17.2 Å². The first-order valence-corrected chi connectivity index (χ1v) is 10.4. The van der Waals surface area contributed by atoms with Crippen LogP contribution in [0.4, 0.5) is 5.69 Å². The minimum atomic E-state index is 0.433. The summed E-state index contributed by atoms with van der Waals surface area (Å²) in [6.45, 7) is 6.26. The van der Waals surface area contributed by atoms with E-state index < -0.39 is 0 Å². The Bertz CT molecular complexity index is 840. The highest BCUT2D eigenvalue weighted by Crippen LogP contribution is 2.38. The average Bonchev–Trinajstić information content (AvgIpc) is 2.78. The molecule has 0 bridgehead atoms. The van der Waals surface area contributed by atoms with Crippen molar-refractivity contribution in [3.8, 4) is 17.2 Å². The summed E-state index contributed by atoms with van der Waals surface area (Å²) in [6.07, 6.45) is 0. The normalized spacial score (nSPS) is 14.6. The Morgan fingerprint density at radius 2 is 1.63 bits per heavy atom. The minimum Gasteiger partial charge on any atom is -0.493 e. The molecule has 3 rings (SSSR count). The van der Waals surface area contributed by atoms with Gasteiger partial charge in [0, 0.05) is 36.9 Å². The minimum absolute atomic E-state index is 0.433. The van der Waals surface area contributed by atoms with Crippen LogP contribution in [-0.4, -0.2) is 57.9 Å². The van der Waals surface area contributed by atoms with E-state index >= 15 is 0 Å². The third kappa shape index (κ3) is 5.21. The number of piperazine rings is 1. The number of nitrogens with zero attached hydrogens (tertiary/aromatic N) is 3. The molecule has 1 heterocycles. The van der Waals surface area contributed by atoms with Gasteiger partial charge in [0.25, 0.3) is 0 Å². The van der Waals surface area contributed by atoms with Gasteiger partial charge in [0.2, 0.25) is 5.75 Å². The van der Waals surface area contributed by atoms with Gasteiger partial charge in [-0.1, -0.05) is 11.6 Å². The maximum atomic E-state index is 6.27. The van der Waals surface area contributed by atoms with Crippen molar-refractivity contribution in [2.24, 2.45) is 10.7 Å². The van der Waals surface area contributed by atoms with Gasteiger partial charge in [0.1, 0.15) is 0 Å². The Hall–Kier alpha value is -2.80. The van der Waals surface area contributed by atoms with Crippen molar-refractivity contribution in [2.75, 3.05) is 51.9 Å². The van der Waals surface area contributed by atoms with Gasteiger partial charge in [-0.15, -0.1) is 0 Å². The Labute approximate surface area is 183 Å². The van der Waals surface area contributed by atoms with Crippen molar-refractivity contribution >= 4 is 23.2 Å². The highest BCUT2D eigenvalue weighted by molar-refractivity contribution is 6.30. The fourth-order valence-corrected chi connectivity index (χ4v) is 3.56. The smallest absolute Gasteiger partial charge is 0.203 e. The summed E-state index contributed by atoms with van der Waals surface area (Å²) in [6, 6.07) is 11.7. The van der Waals surface area contributed by atoms with Gasteiger partial charge in [-0.3, -0.25) is 0 Å². The second kappa shape index (κ2) is 10.3. The molecule has 2 N–H and O–H groups in total. The fraction of sp³-hybridized carbons (Fsp3) is 0.409. The van der Waals surface area contributed by atoms with Crippen molar-refractivity contribution in [3.63, 3.8) is 0 Å². The first-order chi connectivity index (χ1) is 14.5. The van der Waals surface area contributed by atoms with Gasteiger partial charge >= 0.3 is 0 Å². The standard InChI is InChI=1S/C22H29ClN4O3/c1-4-30-21-19(28-2)13-16(14-20(21)29-3)15-25-22(24)27-11-9-26(10-12-27)18-7-5-17(23)6-8-18/h5-8,13-14H,4,9-12,15H2,1-3H3,(H2,24,25). The number of methoxy groups -OCH3 is 2. The Morgan fingerprint density at radius 3 is 2.17 bits per heavy atom. The van der Waals surface area contributed by atoms with Crippen LogP contribution in [-0.2, 0) is 6.54 Å². The van der Waals surface area contributed by atoms with Crippen LogP contribution in [0, 0.1) is 0 Å². The van der Waals surface area contributed by atoms with E-state index in [1.54, 1.807) is 14.2 Å². The monoisotopic (exact) mass is 432 g/mol. The molecule has 1 fully saturated rings. The molecule has 0 aliphatic carbocycles. The highest BCUT2D eigenvalue weighted by atomic mass is 35.5. The van der Waals surface area contributed by atoms with E-state index in [1.807, 2.05) is 43.3 Å². The van der Waals surface area contributed by atoms with Crippen LogP contribution in [0.25, 0.3) is 0 Å². The number of benzene rings is 2. The van der Waals surface area contributed by atoms with Gasteiger partial charge in [-0.05, 0) is 48.9 Å². The third-order valence-corrected chi connectivity index (χ3v) is 5.28. The average molecular weight is 433 g/mol. The Morgan fingerprint density at radius 1 is 1.03 bits per heavy atom. The van der Waals surface area contributed by atoms with E-state index in [-0.39, 0.29) is 0 Å². The molecule has 1 aliphatic heterocycles. The number of hydrogen-bond donors (Lipinski definition) is 1. The molecule has 0 amide bonds. The molecule has 30 heavy (non-hydrogen) atoms. The van der Waals surface area contributed by atoms with Crippen molar-refractivity contribution < 1.29 is 14.2 Å². The largest absolute Gasteiger partial charge is 0.493 e. The quantitative estimate of drug-likeness (QED) is 0.534. The highest BCUT2D eigenvalue weighted by Gasteiger charge is 2.19. The van der Waals surface area contributed by atoms with Gasteiger partial charge < -0.3 is 29.7 Å². The zero-order valence-electron chi connectivity index (χ0n) is 17.7. The second-order valence-electron chi connectivity index (χ2n) is 6.89. The predicted molar refractivity (Wildman–Crippen MR) is 121 cm³/mol. The molecular weight excluding hydrogens is 404 g/mol. The molecule has 0 saturated carbocycles. The van der Waals surface area contributed by atoms with Crippen LogP contribution in [0.2, 0.25) is 5.02 Å². The van der Waals surface area contributed by atoms with Crippen molar-refractivity contribution in [2.45, 2.75) is 13.5 Å². The fourth-order valence-electron chi connectivity index (χ4n) is 3.43. The molecule has 2 aromatic carbocycles. The molecule has 0 unspecified atom stereocenters. The zero-order valence-corrected chi connectivity index (χ0v) is 18.5. The predicted octanol–water partition coefficient (Wildman–Crippen LogP) is 3.39. The number of hydrogen-bond acceptors (Lipinski definition) is 5. The molecular formula is C22H29ClN4O3. The molecule has 0 aromatic heterocycles. The SMILES string of the molecule is CCOc1c(OC)cc(CN=C(N)N2CCN(c3ccc(Cl)cc3)CC2)cc1OC. The molecule has 8 heteroatoms. The van der Waals surface area contributed by atoms with Crippen LogP contribution in [0.1, 0.15) is 12.5 Å². The molecule has 0 radical (unpaired) electrons. The van der Waals surface area contributed by atoms with Gasteiger partial charge in [-0.25, -0.2) is 4.99 Å². The second-order valence-corrected chi connectivity index (χ2v) is 7.32. The van der Waals surface area contributed by atoms with Crippen molar-refractivity contribution in [1.82, 2.24) is 4.90 Å². The van der Waals surface area contributed by atoms with Crippen LogP contribution >= 0.6 is 11.6 Å². The van der Waals surface area contributed by atoms with Crippen molar-refractivity contribution in [3.05, 3.63) is 47.0 Å². The number of nitrogens with two attached hydrogens (primary N) is 1. The van der Waals surface area contributed by atoms with E-state index in [4.69, 9.17) is 31.5 Å². The van der Waals surface area contributed by atoms with Crippen molar-refractivity contribution in [1.29, 1.82) is 0 Å². The Balaban J connectivity index is 1.63. The lowest BCUT2D eigenvalue weighted by Gasteiger charge is -2.36. The molecule has 0 spiro atoms. The summed E-state index contributed by atoms with van der Waals surface area (Å²) in [4.78, 5) is 9.01. The van der Waals surface area contributed by atoms with E-state index in [2.05, 4.69) is 14.8 Å². The summed E-state index contributed by atoms with van der Waals surface area (Å²) in [5.41, 5.74) is 8.38. The summed E-state index contributed by atoms with van der Waals surface area (Å²) < 4.78 is 16.6. The summed E-state index contributed by atoms with van der Waals surface area (Å²) >= 11 is 5.98. The topological polar surface area (TPSA) is 72.6 Å². The molecule has 7 nitrogen and oxygen atoms in total. The third-order valence-electron chi connectivity index (χ3n) is 5.03. The molecule has 1 saturated heterocycles. The lowest BCUT2D eigenvalue weighted by molar-refractivity contribution is 0.288. The van der Waals surface area contributed by atoms with Gasteiger partial charge in [-0.2, -0.15) is 0 Å². The summed E-state index contributed by atoms with van der Waals surface area (Å²) in [5, 5.41) is 0.747. The molecule has 1 aliphatic rings. The number of halogens is 1. The van der Waals surface area contributed by atoms with Crippen LogP contribution in [0.15, 0.2) is 41.4 Å². The van der Waals surface area contributed by atoms with E-state index in [1.165, 1.54) is 5.69 Å². The maximum Gasteiger partial charge on any atom is 0.203 e. The first kappa shape index (κ1) is 21.9. The molecule has 162 valence electrons. The number of anilines is 1. The van der Waals surface area contributed by atoms with Gasteiger partial charge in [0.15, 0.2) is 17.5 Å². The summed E-state index contributed by atoms with van der Waals surface area (Å²) in [7, 11) is 3.22. The lowest BCUT2D eigenvalue weighted by atomic mass is 10.2. The maximum absolute atomic E-state index is 6.27.